The minimum absolute atomic E-state index is 0.0591. The molecule has 1 aliphatic carbocycles. The fraction of sp³-hybridized carbons (Fsp3) is 0.375. The second-order valence-corrected chi connectivity index (χ2v) is 3.72. The maximum Gasteiger partial charge on any atom is 0.257 e. The van der Waals surface area contributed by atoms with Crippen molar-refractivity contribution in [2.75, 3.05) is 0 Å². The zero-order chi connectivity index (χ0) is 8.77. The molecule has 0 aromatic carbocycles. The molecule has 1 aromatic rings. The quantitative estimate of drug-likeness (QED) is 0.680. The molecular weight excluding hydrogens is 228 g/mol. The summed E-state index contributed by atoms with van der Waals surface area (Å²) in [7, 11) is 0. The number of pyridine rings is 1. The molecule has 1 nitrogen and oxygen atoms in total. The summed E-state index contributed by atoms with van der Waals surface area (Å²) < 4.78 is 25.7. The maximum absolute atomic E-state index is 12.6. The van der Waals surface area contributed by atoms with E-state index >= 15 is 0 Å². The summed E-state index contributed by atoms with van der Waals surface area (Å²) in [5.74, 6) is -3.18. The van der Waals surface area contributed by atoms with Crippen LogP contribution in [0.3, 0.4) is 0 Å². The Balaban J connectivity index is 2.26. The van der Waals surface area contributed by atoms with Gasteiger partial charge >= 0.3 is 0 Å². The van der Waals surface area contributed by atoms with Gasteiger partial charge in [0.15, 0.2) is 0 Å². The van der Waals surface area contributed by atoms with Crippen LogP contribution in [0.15, 0.2) is 22.8 Å². The van der Waals surface area contributed by atoms with Gasteiger partial charge < -0.3 is 0 Å². The molecule has 0 radical (unpaired) electrons. The van der Waals surface area contributed by atoms with E-state index in [1.807, 2.05) is 0 Å². The summed E-state index contributed by atoms with van der Waals surface area (Å²) in [6, 6.07) is 5.08. The van der Waals surface area contributed by atoms with Crippen molar-refractivity contribution in [2.45, 2.75) is 18.3 Å². The molecule has 1 aliphatic rings. The fourth-order valence-electron chi connectivity index (χ4n) is 1.15. The molecule has 1 fully saturated rings. The number of halogens is 3. The first-order valence-electron chi connectivity index (χ1n) is 3.60. The Morgan fingerprint density at radius 3 is 2.67 bits per heavy atom. The van der Waals surface area contributed by atoms with Crippen molar-refractivity contribution >= 4 is 15.9 Å². The number of rotatable bonds is 1. The Morgan fingerprint density at radius 2 is 2.17 bits per heavy atom. The van der Waals surface area contributed by atoms with Crippen molar-refractivity contribution in [3.8, 4) is 0 Å². The highest BCUT2D eigenvalue weighted by Crippen LogP contribution is 2.55. The number of hydrogen-bond donors (Lipinski definition) is 0. The van der Waals surface area contributed by atoms with Crippen molar-refractivity contribution in [1.29, 1.82) is 0 Å². The largest absolute Gasteiger partial charge is 0.257 e. The first-order valence-corrected chi connectivity index (χ1v) is 4.39. The highest BCUT2D eigenvalue weighted by atomic mass is 79.9. The fourth-order valence-corrected chi connectivity index (χ4v) is 1.51. The van der Waals surface area contributed by atoms with Gasteiger partial charge in [-0.05, 0) is 28.1 Å². The second kappa shape index (κ2) is 2.49. The Morgan fingerprint density at radius 1 is 1.50 bits per heavy atom. The van der Waals surface area contributed by atoms with Crippen LogP contribution in [-0.2, 0) is 0 Å². The molecule has 0 spiro atoms. The lowest BCUT2D eigenvalue weighted by atomic mass is 10.2. The average molecular weight is 234 g/mol. The van der Waals surface area contributed by atoms with E-state index in [1.165, 1.54) is 0 Å². The van der Waals surface area contributed by atoms with Gasteiger partial charge in [-0.3, -0.25) is 0 Å². The van der Waals surface area contributed by atoms with E-state index in [0.29, 0.717) is 10.3 Å². The van der Waals surface area contributed by atoms with E-state index in [9.17, 15) is 8.78 Å². The van der Waals surface area contributed by atoms with E-state index in [1.54, 1.807) is 18.2 Å². The van der Waals surface area contributed by atoms with Gasteiger partial charge in [-0.25, -0.2) is 13.8 Å². The van der Waals surface area contributed by atoms with Gasteiger partial charge in [-0.1, -0.05) is 6.07 Å². The topological polar surface area (TPSA) is 12.9 Å². The minimum atomic E-state index is -2.52. The van der Waals surface area contributed by atoms with Crippen molar-refractivity contribution in [3.05, 3.63) is 28.5 Å². The van der Waals surface area contributed by atoms with Crippen LogP contribution in [0.5, 0.6) is 0 Å². The summed E-state index contributed by atoms with van der Waals surface area (Å²) in [5.41, 5.74) is 0.481. The molecule has 1 heterocycles. The number of aromatic nitrogens is 1. The summed E-state index contributed by atoms with van der Waals surface area (Å²) in [6.07, 6.45) is -0.0591. The molecule has 12 heavy (non-hydrogen) atoms. The average Bonchev–Trinajstić information content (AvgIpc) is 2.60. The van der Waals surface area contributed by atoms with Crippen molar-refractivity contribution in [2.24, 2.45) is 0 Å². The molecule has 64 valence electrons. The summed E-state index contributed by atoms with van der Waals surface area (Å²) in [4.78, 5) is 3.97. The third kappa shape index (κ3) is 1.35. The minimum Gasteiger partial charge on any atom is -0.245 e. The van der Waals surface area contributed by atoms with Gasteiger partial charge in [0.25, 0.3) is 5.92 Å². The summed E-state index contributed by atoms with van der Waals surface area (Å²) in [6.45, 7) is 0. The standard InChI is InChI=1S/C8H6BrF2N/c9-7-3-1-2-6(12-7)5-4-8(5,10)11/h1-3,5H,4H2. The van der Waals surface area contributed by atoms with Gasteiger partial charge in [0, 0.05) is 6.42 Å². The first-order chi connectivity index (χ1) is 5.59. The van der Waals surface area contributed by atoms with Crippen molar-refractivity contribution < 1.29 is 8.78 Å². The van der Waals surface area contributed by atoms with Crippen LogP contribution < -0.4 is 0 Å². The molecule has 0 aliphatic heterocycles. The van der Waals surface area contributed by atoms with Crippen LogP contribution in [0.4, 0.5) is 8.78 Å². The van der Waals surface area contributed by atoms with E-state index in [4.69, 9.17) is 0 Å². The Hall–Kier alpha value is -0.510. The third-order valence-corrected chi connectivity index (χ3v) is 2.36. The molecule has 1 atom stereocenters. The third-order valence-electron chi connectivity index (χ3n) is 1.92. The van der Waals surface area contributed by atoms with Crippen LogP contribution in [-0.4, -0.2) is 10.9 Å². The molecule has 0 bridgehead atoms. The Kier molecular flexibility index (Phi) is 1.68. The molecular formula is C8H6BrF2N. The molecule has 1 unspecified atom stereocenters. The van der Waals surface area contributed by atoms with Crippen LogP contribution in [0.1, 0.15) is 18.0 Å². The van der Waals surface area contributed by atoms with Gasteiger partial charge in [-0.2, -0.15) is 0 Å². The summed E-state index contributed by atoms with van der Waals surface area (Å²) >= 11 is 3.14. The number of hydrogen-bond acceptors (Lipinski definition) is 1. The van der Waals surface area contributed by atoms with Gasteiger partial charge in [0.1, 0.15) is 4.60 Å². The predicted octanol–water partition coefficient (Wildman–Crippen LogP) is 2.97. The molecule has 4 heteroatoms. The van der Waals surface area contributed by atoms with E-state index in [2.05, 4.69) is 20.9 Å². The molecule has 1 aromatic heterocycles. The highest BCUT2D eigenvalue weighted by molar-refractivity contribution is 9.10. The Labute approximate surface area is 76.9 Å². The van der Waals surface area contributed by atoms with Gasteiger partial charge in [0.05, 0.1) is 11.6 Å². The Bertz CT molecular complexity index is 314. The zero-order valence-corrected chi connectivity index (χ0v) is 7.68. The predicted molar refractivity (Wildman–Crippen MR) is 44.2 cm³/mol. The lowest BCUT2D eigenvalue weighted by molar-refractivity contribution is 0.111. The van der Waals surface area contributed by atoms with E-state index in [0.717, 1.165) is 0 Å². The second-order valence-electron chi connectivity index (χ2n) is 2.90. The monoisotopic (exact) mass is 233 g/mol. The van der Waals surface area contributed by atoms with Crippen molar-refractivity contribution in [3.63, 3.8) is 0 Å². The number of alkyl halides is 2. The van der Waals surface area contributed by atoms with Crippen LogP contribution in [0.2, 0.25) is 0 Å². The molecule has 0 amide bonds. The molecule has 2 rings (SSSR count). The van der Waals surface area contributed by atoms with Crippen molar-refractivity contribution in [1.82, 2.24) is 4.98 Å². The van der Waals surface area contributed by atoms with Gasteiger partial charge in [-0.15, -0.1) is 0 Å². The molecule has 0 N–H and O–H groups in total. The first kappa shape index (κ1) is 8.10. The zero-order valence-electron chi connectivity index (χ0n) is 6.10. The normalized spacial score (nSPS) is 25.4. The summed E-state index contributed by atoms with van der Waals surface area (Å²) in [5, 5.41) is 0. The molecule has 0 saturated heterocycles. The van der Waals surface area contributed by atoms with E-state index in [-0.39, 0.29) is 6.42 Å². The van der Waals surface area contributed by atoms with Crippen LogP contribution in [0, 0.1) is 0 Å². The molecule has 1 saturated carbocycles. The number of nitrogens with zero attached hydrogens (tertiary/aromatic N) is 1. The SMILES string of the molecule is FC1(F)CC1c1cccc(Br)n1. The smallest absolute Gasteiger partial charge is 0.245 e. The lowest BCUT2D eigenvalue weighted by Crippen LogP contribution is -1.95. The van der Waals surface area contributed by atoms with Gasteiger partial charge in [0.2, 0.25) is 0 Å². The van der Waals surface area contributed by atoms with Crippen LogP contribution >= 0.6 is 15.9 Å². The highest BCUT2D eigenvalue weighted by Gasteiger charge is 2.58. The lowest BCUT2D eigenvalue weighted by Gasteiger charge is -1.97. The van der Waals surface area contributed by atoms with Crippen LogP contribution in [0.25, 0.3) is 0 Å². The maximum atomic E-state index is 12.6. The van der Waals surface area contributed by atoms with E-state index < -0.39 is 11.8 Å².